The molecule has 0 radical (unpaired) electrons. The maximum Gasteiger partial charge on any atom is 0.308 e. The number of benzene rings is 1. The number of carboxylic acids is 1. The van der Waals surface area contributed by atoms with E-state index in [4.69, 9.17) is 33.0 Å². The summed E-state index contributed by atoms with van der Waals surface area (Å²) >= 11 is 11.8. The van der Waals surface area contributed by atoms with E-state index < -0.39 is 11.9 Å². The average molecular weight is 346 g/mol. The van der Waals surface area contributed by atoms with E-state index in [1.165, 1.54) is 11.0 Å². The van der Waals surface area contributed by atoms with Crippen LogP contribution in [0.5, 0.6) is 5.75 Å². The van der Waals surface area contributed by atoms with E-state index in [2.05, 4.69) is 0 Å². The number of carbonyl (C=O) groups excluding carboxylic acids is 1. The second-order valence-electron chi connectivity index (χ2n) is 5.54. The molecule has 1 amide bonds. The highest BCUT2D eigenvalue weighted by molar-refractivity contribution is 6.35. The third-order valence-electron chi connectivity index (χ3n) is 3.61. The number of ether oxygens (including phenoxy) is 1. The summed E-state index contributed by atoms with van der Waals surface area (Å²) in [5, 5.41) is 9.94. The summed E-state index contributed by atoms with van der Waals surface area (Å²) in [4.78, 5) is 24.9. The zero-order valence-electron chi connectivity index (χ0n) is 12.1. The number of nitrogens with zero attached hydrogens (tertiary/aromatic N) is 1. The molecule has 5 nitrogen and oxygen atoms in total. The molecule has 7 heteroatoms. The Morgan fingerprint density at radius 2 is 2.09 bits per heavy atom. The van der Waals surface area contributed by atoms with Gasteiger partial charge in [-0.25, -0.2) is 0 Å². The molecule has 0 spiro atoms. The van der Waals surface area contributed by atoms with Crippen molar-refractivity contribution in [2.45, 2.75) is 13.3 Å². The average Bonchev–Trinajstić information content (AvgIpc) is 2.45. The van der Waals surface area contributed by atoms with E-state index >= 15 is 0 Å². The van der Waals surface area contributed by atoms with Gasteiger partial charge in [-0.15, -0.1) is 0 Å². The molecule has 1 aromatic carbocycles. The molecule has 0 aliphatic carbocycles. The van der Waals surface area contributed by atoms with Gasteiger partial charge in [-0.05, 0) is 30.5 Å². The Morgan fingerprint density at radius 3 is 2.73 bits per heavy atom. The Labute approximate surface area is 138 Å². The number of likely N-dealkylation sites (tertiary alicyclic amines) is 1. The summed E-state index contributed by atoms with van der Waals surface area (Å²) in [6.07, 6.45) is 0.586. The van der Waals surface area contributed by atoms with Gasteiger partial charge in [-0.3, -0.25) is 9.59 Å². The predicted molar refractivity (Wildman–Crippen MR) is 83.4 cm³/mol. The first-order chi connectivity index (χ1) is 10.4. The highest BCUT2D eigenvalue weighted by atomic mass is 35.5. The van der Waals surface area contributed by atoms with Gasteiger partial charge in [0.05, 0.1) is 10.9 Å². The van der Waals surface area contributed by atoms with Gasteiger partial charge in [0.15, 0.2) is 6.61 Å². The monoisotopic (exact) mass is 345 g/mol. The molecule has 1 aliphatic heterocycles. The second kappa shape index (κ2) is 7.20. The molecule has 0 aromatic heterocycles. The quantitative estimate of drug-likeness (QED) is 0.910. The zero-order chi connectivity index (χ0) is 16.3. The van der Waals surface area contributed by atoms with Crippen molar-refractivity contribution in [1.82, 2.24) is 4.90 Å². The third-order valence-corrected chi connectivity index (χ3v) is 4.14. The molecule has 1 N–H and O–H groups in total. The first-order valence-corrected chi connectivity index (χ1v) is 7.71. The third kappa shape index (κ3) is 4.27. The fraction of sp³-hybridized carbons (Fsp3) is 0.467. The first-order valence-electron chi connectivity index (χ1n) is 6.95. The molecule has 2 rings (SSSR count). The Balaban J connectivity index is 1.95. The van der Waals surface area contributed by atoms with Crippen molar-refractivity contribution in [3.8, 4) is 5.75 Å². The molecule has 0 bridgehead atoms. The lowest BCUT2D eigenvalue weighted by molar-refractivity contribution is -0.147. The minimum atomic E-state index is -0.869. The van der Waals surface area contributed by atoms with E-state index in [1.54, 1.807) is 12.1 Å². The number of amides is 1. The van der Waals surface area contributed by atoms with E-state index in [-0.39, 0.29) is 25.0 Å². The maximum absolute atomic E-state index is 12.2. The summed E-state index contributed by atoms with van der Waals surface area (Å²) in [5.74, 6) is -1.11. The van der Waals surface area contributed by atoms with Gasteiger partial charge >= 0.3 is 5.97 Å². The smallest absolute Gasteiger partial charge is 0.308 e. The largest absolute Gasteiger partial charge is 0.482 e. The van der Waals surface area contributed by atoms with Gasteiger partial charge in [-0.1, -0.05) is 30.1 Å². The number of piperidine rings is 1. The second-order valence-corrected chi connectivity index (χ2v) is 6.38. The number of halogens is 2. The Kier molecular flexibility index (Phi) is 5.53. The molecule has 120 valence electrons. The number of hydrogen-bond acceptors (Lipinski definition) is 3. The molecule has 1 aliphatic rings. The van der Waals surface area contributed by atoms with Gasteiger partial charge in [-0.2, -0.15) is 0 Å². The molecule has 22 heavy (non-hydrogen) atoms. The number of hydrogen-bond donors (Lipinski definition) is 1. The summed E-state index contributed by atoms with van der Waals surface area (Å²) in [7, 11) is 0. The molecule has 1 saturated heterocycles. The lowest BCUT2D eigenvalue weighted by Crippen LogP contribution is -2.47. The molecule has 1 fully saturated rings. The van der Waals surface area contributed by atoms with E-state index in [1.807, 2.05) is 6.92 Å². The molecule has 2 unspecified atom stereocenters. The van der Waals surface area contributed by atoms with Gasteiger partial charge in [0.25, 0.3) is 5.91 Å². The highest BCUT2D eigenvalue weighted by Crippen LogP contribution is 2.28. The van der Waals surface area contributed by atoms with Crippen LogP contribution in [0.1, 0.15) is 13.3 Å². The van der Waals surface area contributed by atoms with Crippen LogP contribution >= 0.6 is 23.2 Å². The van der Waals surface area contributed by atoms with Crippen LogP contribution in [0.3, 0.4) is 0 Å². The van der Waals surface area contributed by atoms with Crippen LogP contribution in [0.15, 0.2) is 18.2 Å². The molecule has 1 aromatic rings. The van der Waals surface area contributed by atoms with Gasteiger partial charge in [0, 0.05) is 18.1 Å². The minimum Gasteiger partial charge on any atom is -0.482 e. The minimum absolute atomic E-state index is 0.151. The van der Waals surface area contributed by atoms with Crippen molar-refractivity contribution >= 4 is 35.1 Å². The van der Waals surface area contributed by atoms with Crippen LogP contribution < -0.4 is 4.74 Å². The summed E-state index contributed by atoms with van der Waals surface area (Å²) < 4.78 is 5.41. The van der Waals surface area contributed by atoms with Gasteiger partial charge < -0.3 is 14.7 Å². The molecular formula is C15H17Cl2NO4. The van der Waals surface area contributed by atoms with Crippen molar-refractivity contribution in [3.63, 3.8) is 0 Å². The van der Waals surface area contributed by atoms with Crippen LogP contribution in [0.4, 0.5) is 0 Å². The van der Waals surface area contributed by atoms with Crippen molar-refractivity contribution in [3.05, 3.63) is 28.2 Å². The number of rotatable bonds is 4. The van der Waals surface area contributed by atoms with Crippen LogP contribution in [0, 0.1) is 11.8 Å². The fourth-order valence-corrected chi connectivity index (χ4v) is 3.02. The summed E-state index contributed by atoms with van der Waals surface area (Å²) in [6, 6.07) is 4.75. The number of carboxylic acid groups (broad SMARTS) is 1. The van der Waals surface area contributed by atoms with Gasteiger partial charge in [0.1, 0.15) is 5.75 Å². The van der Waals surface area contributed by atoms with Crippen LogP contribution in [-0.2, 0) is 9.59 Å². The lowest BCUT2D eigenvalue weighted by Gasteiger charge is -2.34. The van der Waals surface area contributed by atoms with Gasteiger partial charge in [0.2, 0.25) is 0 Å². The van der Waals surface area contributed by atoms with Crippen LogP contribution in [-0.4, -0.2) is 41.6 Å². The molecular weight excluding hydrogens is 329 g/mol. The topological polar surface area (TPSA) is 66.8 Å². The normalized spacial score (nSPS) is 21.5. The van der Waals surface area contributed by atoms with Crippen molar-refractivity contribution in [2.75, 3.05) is 19.7 Å². The zero-order valence-corrected chi connectivity index (χ0v) is 13.6. The Morgan fingerprint density at radius 1 is 1.36 bits per heavy atom. The SMILES string of the molecule is CC1CC(C(=O)O)CN(C(=O)COc2ccc(Cl)cc2Cl)C1. The molecule has 0 saturated carbocycles. The van der Waals surface area contributed by atoms with Crippen LogP contribution in [0.25, 0.3) is 0 Å². The summed E-state index contributed by atoms with van der Waals surface area (Å²) in [5.41, 5.74) is 0. The van der Waals surface area contributed by atoms with Crippen molar-refractivity contribution < 1.29 is 19.4 Å². The lowest BCUT2D eigenvalue weighted by atomic mass is 9.90. The van der Waals surface area contributed by atoms with Crippen molar-refractivity contribution in [1.29, 1.82) is 0 Å². The fourth-order valence-electron chi connectivity index (χ4n) is 2.56. The van der Waals surface area contributed by atoms with E-state index in [0.29, 0.717) is 28.8 Å². The number of aliphatic carboxylic acids is 1. The summed E-state index contributed by atoms with van der Waals surface area (Å²) in [6.45, 7) is 2.52. The maximum atomic E-state index is 12.2. The highest BCUT2D eigenvalue weighted by Gasteiger charge is 2.31. The van der Waals surface area contributed by atoms with Crippen LogP contribution in [0.2, 0.25) is 10.0 Å². The Hall–Kier alpha value is -1.46. The number of carbonyl (C=O) groups is 2. The Bertz CT molecular complexity index is 579. The molecule has 2 atom stereocenters. The van der Waals surface area contributed by atoms with Crippen molar-refractivity contribution in [2.24, 2.45) is 11.8 Å². The first kappa shape index (κ1) is 16.9. The predicted octanol–water partition coefficient (Wildman–Crippen LogP) is 2.94. The van der Waals surface area contributed by atoms with E-state index in [0.717, 1.165) is 0 Å². The molecule has 1 heterocycles. The van der Waals surface area contributed by atoms with E-state index in [9.17, 15) is 9.59 Å². The standard InChI is InChI=1S/C15H17Cl2NO4/c1-9-4-10(15(20)21)7-18(6-9)14(19)8-22-13-3-2-11(16)5-12(13)17/h2-3,5,9-10H,4,6-8H2,1H3,(H,20,21).